The molecule has 5 rings (SSSR count). The smallest absolute Gasteiger partial charge is 0.195 e. The molecule has 0 spiro atoms. The molecule has 5 aromatic rings. The van der Waals surface area contributed by atoms with Gasteiger partial charge in [-0.25, -0.2) is 4.98 Å². The fourth-order valence-electron chi connectivity index (χ4n) is 4.95. The maximum Gasteiger partial charge on any atom is 0.195 e. The van der Waals surface area contributed by atoms with Crippen molar-refractivity contribution in [2.24, 2.45) is 0 Å². The van der Waals surface area contributed by atoms with Crippen LogP contribution in [0, 0.1) is 0 Å². The number of thiazole rings is 1. The standard InChI is InChI=1S/C33H36N2O3S/c1-32(2,3)25-17-22(18-26(30(25)36)33(4,5)6)27-19-39-31-34-28(20-9-13-23(37-7)14-10-20)29(35(27)31)21-11-15-24(38-8)16-12-21/h9-19,36H,1-8H3. The molecule has 0 radical (unpaired) electrons. The molecular formula is C33H36N2O3S. The van der Waals surface area contributed by atoms with Crippen LogP contribution >= 0.6 is 11.3 Å². The Balaban J connectivity index is 1.82. The van der Waals surface area contributed by atoms with Crippen molar-refractivity contribution in [2.45, 2.75) is 52.4 Å². The van der Waals surface area contributed by atoms with Gasteiger partial charge in [-0.05, 0) is 71.5 Å². The number of fused-ring (bicyclic) bond motifs is 1. The summed E-state index contributed by atoms with van der Waals surface area (Å²) in [6, 6.07) is 20.4. The molecule has 0 aliphatic carbocycles. The van der Waals surface area contributed by atoms with Crippen LogP contribution in [0.3, 0.4) is 0 Å². The topological polar surface area (TPSA) is 56.0 Å². The predicted molar refractivity (Wildman–Crippen MR) is 162 cm³/mol. The second-order valence-corrected chi connectivity index (χ2v) is 12.8. The number of aromatic hydroxyl groups is 1. The van der Waals surface area contributed by atoms with Crippen molar-refractivity contribution >= 4 is 16.3 Å². The summed E-state index contributed by atoms with van der Waals surface area (Å²) >= 11 is 1.62. The molecule has 0 unspecified atom stereocenters. The third-order valence-corrected chi connectivity index (χ3v) is 7.94. The highest BCUT2D eigenvalue weighted by Crippen LogP contribution is 2.44. The summed E-state index contributed by atoms with van der Waals surface area (Å²) in [6.45, 7) is 12.9. The highest BCUT2D eigenvalue weighted by Gasteiger charge is 2.28. The molecule has 202 valence electrons. The van der Waals surface area contributed by atoms with E-state index in [0.29, 0.717) is 5.75 Å². The Morgan fingerprint density at radius 2 is 1.21 bits per heavy atom. The van der Waals surface area contributed by atoms with Gasteiger partial charge in [-0.1, -0.05) is 41.5 Å². The van der Waals surface area contributed by atoms with Crippen molar-refractivity contribution in [3.63, 3.8) is 0 Å². The second-order valence-electron chi connectivity index (χ2n) is 11.9. The van der Waals surface area contributed by atoms with E-state index in [9.17, 15) is 5.11 Å². The van der Waals surface area contributed by atoms with Crippen LogP contribution in [0.4, 0.5) is 0 Å². The van der Waals surface area contributed by atoms with Crippen LogP contribution in [0.25, 0.3) is 38.7 Å². The van der Waals surface area contributed by atoms with Crippen LogP contribution in [0.15, 0.2) is 66.0 Å². The number of aromatic nitrogens is 2. The third kappa shape index (κ3) is 4.89. The average Bonchev–Trinajstić information content (AvgIpc) is 3.47. The first-order valence-corrected chi connectivity index (χ1v) is 14.0. The van der Waals surface area contributed by atoms with Crippen molar-refractivity contribution in [1.82, 2.24) is 9.38 Å². The number of rotatable bonds is 5. The molecule has 2 aromatic heterocycles. The summed E-state index contributed by atoms with van der Waals surface area (Å²) in [5, 5.41) is 13.5. The van der Waals surface area contributed by atoms with Crippen LogP contribution in [0.5, 0.6) is 17.2 Å². The molecule has 0 atom stereocenters. The van der Waals surface area contributed by atoms with Crippen molar-refractivity contribution in [3.05, 3.63) is 77.2 Å². The van der Waals surface area contributed by atoms with Crippen molar-refractivity contribution in [2.75, 3.05) is 14.2 Å². The van der Waals surface area contributed by atoms with Crippen LogP contribution in [0.1, 0.15) is 52.7 Å². The third-order valence-electron chi connectivity index (χ3n) is 7.11. The average molecular weight is 541 g/mol. The highest BCUT2D eigenvalue weighted by atomic mass is 32.1. The first kappa shape index (κ1) is 26.8. The lowest BCUT2D eigenvalue weighted by atomic mass is 9.78. The minimum atomic E-state index is -0.225. The van der Waals surface area contributed by atoms with Gasteiger partial charge in [0.05, 0.1) is 31.3 Å². The summed E-state index contributed by atoms with van der Waals surface area (Å²) in [6.07, 6.45) is 0. The zero-order chi connectivity index (χ0) is 28.1. The van der Waals surface area contributed by atoms with E-state index in [4.69, 9.17) is 14.5 Å². The largest absolute Gasteiger partial charge is 0.507 e. The molecule has 2 heterocycles. The maximum absolute atomic E-state index is 11.3. The summed E-state index contributed by atoms with van der Waals surface area (Å²) in [4.78, 5) is 6.03. The van der Waals surface area contributed by atoms with Gasteiger partial charge >= 0.3 is 0 Å². The van der Waals surface area contributed by atoms with E-state index < -0.39 is 0 Å². The summed E-state index contributed by atoms with van der Waals surface area (Å²) in [5.74, 6) is 1.99. The van der Waals surface area contributed by atoms with E-state index in [1.54, 1.807) is 25.6 Å². The maximum atomic E-state index is 11.3. The van der Waals surface area contributed by atoms with Crippen LogP contribution in [-0.2, 0) is 10.8 Å². The number of imidazole rings is 1. The number of methoxy groups -OCH3 is 2. The first-order chi connectivity index (χ1) is 18.4. The Labute approximate surface area is 234 Å². The Morgan fingerprint density at radius 3 is 1.67 bits per heavy atom. The van der Waals surface area contributed by atoms with Gasteiger partial charge in [-0.15, -0.1) is 11.3 Å². The predicted octanol–water partition coefficient (Wildman–Crippen LogP) is 8.71. The molecule has 5 nitrogen and oxygen atoms in total. The number of hydrogen-bond donors (Lipinski definition) is 1. The number of hydrogen-bond acceptors (Lipinski definition) is 5. The lowest BCUT2D eigenvalue weighted by molar-refractivity contribution is 0.414. The fraction of sp³-hybridized carbons (Fsp3) is 0.303. The van der Waals surface area contributed by atoms with Gasteiger partial charge in [-0.2, -0.15) is 0 Å². The molecule has 0 bridgehead atoms. The van der Waals surface area contributed by atoms with E-state index in [1.807, 2.05) is 36.4 Å². The van der Waals surface area contributed by atoms with Gasteiger partial charge in [0.2, 0.25) is 0 Å². The van der Waals surface area contributed by atoms with Gasteiger partial charge in [-0.3, -0.25) is 4.40 Å². The monoisotopic (exact) mass is 540 g/mol. The molecule has 1 N–H and O–H groups in total. The molecule has 0 saturated carbocycles. The van der Waals surface area contributed by atoms with Crippen LogP contribution < -0.4 is 9.47 Å². The highest BCUT2D eigenvalue weighted by molar-refractivity contribution is 7.15. The summed E-state index contributed by atoms with van der Waals surface area (Å²) < 4.78 is 13.1. The number of nitrogens with zero attached hydrogens (tertiary/aromatic N) is 2. The van der Waals surface area contributed by atoms with Crippen LogP contribution in [0.2, 0.25) is 0 Å². The Kier molecular flexibility index (Phi) is 6.71. The molecule has 39 heavy (non-hydrogen) atoms. The van der Waals surface area contributed by atoms with E-state index in [2.05, 4.69) is 75.6 Å². The quantitative estimate of drug-likeness (QED) is 0.242. The molecule has 0 aliphatic rings. The van der Waals surface area contributed by atoms with Crippen LogP contribution in [-0.4, -0.2) is 28.7 Å². The lowest BCUT2D eigenvalue weighted by Crippen LogP contribution is -2.17. The Bertz CT molecular complexity index is 1600. The van der Waals surface area contributed by atoms with Gasteiger partial charge in [0.25, 0.3) is 0 Å². The zero-order valence-corrected chi connectivity index (χ0v) is 24.7. The van der Waals surface area contributed by atoms with Crippen molar-refractivity contribution < 1.29 is 14.6 Å². The van der Waals surface area contributed by atoms with E-state index in [-0.39, 0.29) is 10.8 Å². The molecular weight excluding hydrogens is 504 g/mol. The number of phenolic OH excluding ortho intramolecular Hbond substituents is 1. The number of ether oxygens (including phenoxy) is 2. The SMILES string of the molecule is COc1ccc(-c2nc3scc(-c4cc(C(C)(C)C)c(O)c(C(C)(C)C)c4)n3c2-c2ccc(OC)cc2)cc1. The molecule has 0 amide bonds. The Morgan fingerprint density at radius 1 is 0.718 bits per heavy atom. The minimum absolute atomic E-state index is 0.225. The van der Waals surface area contributed by atoms with Crippen molar-refractivity contribution in [3.8, 4) is 51.0 Å². The summed E-state index contributed by atoms with van der Waals surface area (Å²) in [7, 11) is 3.35. The molecule has 0 saturated heterocycles. The van der Waals surface area contributed by atoms with Gasteiger partial charge in [0, 0.05) is 33.2 Å². The molecule has 0 aliphatic heterocycles. The molecule has 3 aromatic carbocycles. The second kappa shape index (κ2) is 9.76. The van der Waals surface area contributed by atoms with Crippen molar-refractivity contribution in [1.29, 1.82) is 0 Å². The first-order valence-electron chi connectivity index (χ1n) is 13.1. The van der Waals surface area contributed by atoms with Gasteiger partial charge in [0.15, 0.2) is 4.96 Å². The molecule has 6 heteroatoms. The van der Waals surface area contributed by atoms with E-state index in [0.717, 1.165) is 61.4 Å². The Hall–Kier alpha value is -3.77. The van der Waals surface area contributed by atoms with Gasteiger partial charge in [0.1, 0.15) is 17.2 Å². The molecule has 0 fully saturated rings. The minimum Gasteiger partial charge on any atom is -0.507 e. The van der Waals surface area contributed by atoms with E-state index in [1.165, 1.54) is 0 Å². The normalized spacial score (nSPS) is 12.2. The number of phenols is 1. The lowest BCUT2D eigenvalue weighted by Gasteiger charge is -2.28. The fourth-order valence-corrected chi connectivity index (χ4v) is 5.85. The number of benzene rings is 3. The summed E-state index contributed by atoms with van der Waals surface area (Å²) in [5.41, 5.74) is 7.50. The zero-order valence-electron chi connectivity index (χ0n) is 23.9. The van der Waals surface area contributed by atoms with E-state index >= 15 is 0 Å². The van der Waals surface area contributed by atoms with Gasteiger partial charge < -0.3 is 14.6 Å².